The molecule has 196 valence electrons. The molecule has 4 rings (SSSR count). The van der Waals surface area contributed by atoms with Gasteiger partial charge >= 0.3 is 13.8 Å². The Hall–Kier alpha value is -0.540. The van der Waals surface area contributed by atoms with Gasteiger partial charge in [-0.2, -0.15) is 0 Å². The highest BCUT2D eigenvalue weighted by atomic mass is 31.2. The molecule has 4 aliphatic rings. The molecule has 1 unspecified atom stereocenters. The number of hydrogen-bond acceptors (Lipinski definition) is 6. The molecule has 4 saturated carbocycles. The monoisotopic (exact) mass is 504 g/mol. The highest BCUT2D eigenvalue weighted by Crippen LogP contribution is 2.69. The zero-order chi connectivity index (χ0) is 25.2. The van der Waals surface area contributed by atoms with Crippen LogP contribution < -0.4 is 0 Å². The Labute approximate surface area is 201 Å². The average molecular weight is 505 g/mol. The van der Waals surface area contributed by atoms with Crippen molar-refractivity contribution in [1.29, 1.82) is 0 Å². The van der Waals surface area contributed by atoms with Crippen molar-refractivity contribution in [3.8, 4) is 0 Å². The van der Waals surface area contributed by atoms with Crippen molar-refractivity contribution in [3.05, 3.63) is 0 Å². The summed E-state index contributed by atoms with van der Waals surface area (Å²) >= 11 is 0. The Morgan fingerprint density at radius 3 is 2.35 bits per heavy atom. The van der Waals surface area contributed by atoms with Crippen LogP contribution in [0.2, 0.25) is 0 Å². The smallest absolute Gasteiger partial charge is 0.469 e. The van der Waals surface area contributed by atoms with E-state index in [-0.39, 0.29) is 36.0 Å². The summed E-state index contributed by atoms with van der Waals surface area (Å²) in [6.07, 6.45) is 0.717. The molecule has 6 N–H and O–H groups in total. The quantitative estimate of drug-likeness (QED) is 0.298. The lowest BCUT2D eigenvalue weighted by atomic mass is 9.42. The van der Waals surface area contributed by atoms with Crippen molar-refractivity contribution < 1.29 is 44.1 Å². The number of carbonyl (C=O) groups is 1. The molecule has 0 amide bonds. The molecule has 0 aromatic rings. The molecule has 0 aromatic carbocycles. The average Bonchev–Trinajstić information content (AvgIpc) is 3.09. The highest BCUT2D eigenvalue weighted by Gasteiger charge is 2.68. The number of aliphatic hydroxyl groups is 3. The lowest BCUT2D eigenvalue weighted by Crippen LogP contribution is -2.67. The first-order valence-corrected chi connectivity index (χ1v) is 14.2. The van der Waals surface area contributed by atoms with Gasteiger partial charge in [-0.05, 0) is 91.3 Å². The van der Waals surface area contributed by atoms with E-state index in [1.807, 2.05) is 6.92 Å². The van der Waals surface area contributed by atoms with Crippen molar-refractivity contribution in [3.63, 3.8) is 0 Å². The van der Waals surface area contributed by atoms with Gasteiger partial charge in [0, 0.05) is 6.42 Å². The molecule has 0 saturated heterocycles. The molecule has 0 spiro atoms. The minimum Gasteiger partial charge on any atom is -0.481 e. The van der Waals surface area contributed by atoms with Crippen LogP contribution in [0.5, 0.6) is 0 Å². The number of fused-ring (bicyclic) bond motifs is 5. The predicted molar refractivity (Wildman–Crippen MR) is 122 cm³/mol. The number of carboxylic acid groups (broad SMARTS) is 1. The van der Waals surface area contributed by atoms with Crippen LogP contribution in [0.25, 0.3) is 0 Å². The van der Waals surface area contributed by atoms with E-state index in [0.29, 0.717) is 32.1 Å². The van der Waals surface area contributed by atoms with Crippen molar-refractivity contribution >= 4 is 13.8 Å². The van der Waals surface area contributed by atoms with Gasteiger partial charge in [0.15, 0.2) is 0 Å². The number of hydrogen-bond donors (Lipinski definition) is 6. The van der Waals surface area contributed by atoms with Gasteiger partial charge in [0.2, 0.25) is 0 Å². The topological polar surface area (TPSA) is 165 Å². The van der Waals surface area contributed by atoms with Gasteiger partial charge in [-0.1, -0.05) is 20.8 Å². The van der Waals surface area contributed by atoms with Crippen molar-refractivity contribution in [2.75, 3.05) is 0 Å². The molecule has 0 radical (unpaired) electrons. The summed E-state index contributed by atoms with van der Waals surface area (Å²) in [7, 11) is -4.88. The third-order valence-electron chi connectivity index (χ3n) is 10.6. The summed E-state index contributed by atoms with van der Waals surface area (Å²) in [6.45, 7) is 6.16. The SMILES string of the molecule is C[C@H](CCC(=O)O)[C@H]1CC[C@H]2[C@@H]3[C@H](O)C(OP(=O)(O)O)[C@@H]4C[C@H](O)CC[C@]4(C)[C@H]3C[C@H](O)[C@]12C. The van der Waals surface area contributed by atoms with E-state index < -0.39 is 55.0 Å². The summed E-state index contributed by atoms with van der Waals surface area (Å²) in [4.78, 5) is 30.4. The third kappa shape index (κ3) is 4.29. The number of carboxylic acids is 1. The van der Waals surface area contributed by atoms with E-state index in [1.54, 1.807) is 0 Å². The van der Waals surface area contributed by atoms with E-state index in [9.17, 15) is 34.5 Å². The molecule has 0 bridgehead atoms. The van der Waals surface area contributed by atoms with Crippen LogP contribution >= 0.6 is 7.82 Å². The van der Waals surface area contributed by atoms with Gasteiger partial charge in [0.25, 0.3) is 0 Å². The summed E-state index contributed by atoms with van der Waals surface area (Å²) in [6, 6.07) is 0. The molecule has 0 aromatic heterocycles. The summed E-state index contributed by atoms with van der Waals surface area (Å²) in [5.74, 6) is -1.50. The summed E-state index contributed by atoms with van der Waals surface area (Å²) in [5, 5.41) is 42.7. The van der Waals surface area contributed by atoms with Crippen LogP contribution in [-0.4, -0.2) is 60.6 Å². The Bertz CT molecular complexity index is 831. The van der Waals surface area contributed by atoms with Crippen molar-refractivity contribution in [2.45, 2.75) is 96.6 Å². The number of aliphatic carboxylic acids is 1. The second-order valence-electron chi connectivity index (χ2n) is 12.1. The Morgan fingerprint density at radius 2 is 1.74 bits per heavy atom. The van der Waals surface area contributed by atoms with Crippen LogP contribution in [0.15, 0.2) is 0 Å². The van der Waals surface area contributed by atoms with Crippen LogP contribution in [0.1, 0.15) is 72.1 Å². The maximum absolute atomic E-state index is 11.9. The molecule has 4 aliphatic carbocycles. The minimum atomic E-state index is -4.88. The van der Waals surface area contributed by atoms with Crippen LogP contribution in [0, 0.1) is 46.3 Å². The number of rotatable bonds is 6. The van der Waals surface area contributed by atoms with E-state index in [4.69, 9.17) is 9.63 Å². The zero-order valence-electron chi connectivity index (χ0n) is 20.3. The second-order valence-corrected chi connectivity index (χ2v) is 13.3. The molecule has 4 fully saturated rings. The van der Waals surface area contributed by atoms with Gasteiger partial charge in [0.05, 0.1) is 24.4 Å². The fourth-order valence-corrected chi connectivity index (χ4v) is 9.58. The van der Waals surface area contributed by atoms with Gasteiger partial charge in [-0.25, -0.2) is 4.57 Å². The number of phosphoric acid groups is 1. The number of aliphatic hydroxyl groups excluding tert-OH is 3. The molecule has 12 atom stereocenters. The van der Waals surface area contributed by atoms with Crippen LogP contribution in [0.3, 0.4) is 0 Å². The first-order chi connectivity index (χ1) is 15.7. The highest BCUT2D eigenvalue weighted by molar-refractivity contribution is 7.46. The molecular formula is C24H41O9P. The third-order valence-corrected chi connectivity index (χ3v) is 11.2. The maximum atomic E-state index is 11.9. The summed E-state index contributed by atoms with van der Waals surface area (Å²) < 4.78 is 17.1. The minimum absolute atomic E-state index is 0.0576. The Balaban J connectivity index is 1.70. The molecule has 0 aliphatic heterocycles. The fourth-order valence-electron chi connectivity index (χ4n) is 8.99. The number of phosphoric ester groups is 1. The zero-order valence-corrected chi connectivity index (χ0v) is 21.2. The van der Waals surface area contributed by atoms with Gasteiger partial charge < -0.3 is 30.2 Å². The van der Waals surface area contributed by atoms with Crippen LogP contribution in [0.4, 0.5) is 0 Å². The lowest BCUT2D eigenvalue weighted by Gasteiger charge is -2.65. The van der Waals surface area contributed by atoms with E-state index in [0.717, 1.165) is 12.8 Å². The second kappa shape index (κ2) is 9.09. The first-order valence-electron chi connectivity index (χ1n) is 12.7. The van der Waals surface area contributed by atoms with E-state index >= 15 is 0 Å². The normalized spacial score (nSPS) is 49.6. The predicted octanol–water partition coefficient (Wildman–Crippen LogP) is 2.54. The molecule has 34 heavy (non-hydrogen) atoms. The Kier molecular flexibility index (Phi) is 7.09. The fraction of sp³-hybridized carbons (Fsp3) is 0.958. The van der Waals surface area contributed by atoms with Gasteiger partial charge in [-0.15, -0.1) is 0 Å². The van der Waals surface area contributed by atoms with Crippen molar-refractivity contribution in [2.24, 2.45) is 46.3 Å². The van der Waals surface area contributed by atoms with E-state index in [1.165, 1.54) is 0 Å². The maximum Gasteiger partial charge on any atom is 0.469 e. The van der Waals surface area contributed by atoms with Gasteiger partial charge in [0.1, 0.15) is 0 Å². The molecular weight excluding hydrogens is 463 g/mol. The van der Waals surface area contributed by atoms with Crippen LogP contribution in [-0.2, 0) is 13.9 Å². The standard InChI is InChI=1S/C24H41O9P/c1-12(4-7-19(27)28)14-5-6-15-20-16(11-18(26)24(14,15)3)23(2)9-8-13(25)10-17(23)22(21(20)29)33-34(30,31)32/h12-18,20-22,25-26,29H,4-11H2,1-3H3,(H,27,28)(H2,30,31,32)/t12-,13-,14-,15+,16+,17+,18+,20+,21+,22?,23-,24-/m1/s1. The van der Waals surface area contributed by atoms with Gasteiger partial charge in [-0.3, -0.25) is 9.32 Å². The molecule has 10 heteroatoms. The van der Waals surface area contributed by atoms with Crippen molar-refractivity contribution in [1.82, 2.24) is 0 Å². The summed E-state index contributed by atoms with van der Waals surface area (Å²) in [5.41, 5.74) is -0.956. The first kappa shape index (κ1) is 26.5. The molecule has 9 nitrogen and oxygen atoms in total. The Morgan fingerprint density at radius 1 is 1.06 bits per heavy atom. The largest absolute Gasteiger partial charge is 0.481 e. The van der Waals surface area contributed by atoms with E-state index in [2.05, 4.69) is 13.8 Å². The molecule has 0 heterocycles. The lowest BCUT2D eigenvalue weighted by molar-refractivity contribution is -0.240.